The first kappa shape index (κ1) is 30.0. The standard InChI is InChI=1S/C35H31Cl2N5OS/c36-29-12-7-13-30(22-29)41-18-20-42(21-19-41)32-23-31(37)38-35(39-32)44-24-25-14-16-28(17-15-25)34(43)40-33(26-8-3-1-4-9-26)27-10-5-2-6-11-27/h1-17,22-23,33H,18-21,24H2,(H,40,43). The van der Waals surface area contributed by atoms with Gasteiger partial charge < -0.3 is 15.1 Å². The lowest BCUT2D eigenvalue weighted by molar-refractivity contribution is 0.0943. The molecule has 0 radical (unpaired) electrons. The number of nitrogens with zero attached hydrogens (tertiary/aromatic N) is 4. The largest absolute Gasteiger partial charge is 0.368 e. The summed E-state index contributed by atoms with van der Waals surface area (Å²) in [7, 11) is 0. The number of amides is 1. The maximum Gasteiger partial charge on any atom is 0.252 e. The van der Waals surface area contributed by atoms with Gasteiger partial charge in [0.2, 0.25) is 0 Å². The Bertz CT molecular complexity index is 1660. The van der Waals surface area contributed by atoms with Crippen LogP contribution in [0.2, 0.25) is 10.2 Å². The van der Waals surface area contributed by atoms with Crippen LogP contribution in [0.15, 0.2) is 120 Å². The zero-order chi connectivity index (χ0) is 30.3. The third kappa shape index (κ3) is 7.53. The van der Waals surface area contributed by atoms with Crippen LogP contribution in [0.4, 0.5) is 11.5 Å². The first-order valence-electron chi connectivity index (χ1n) is 14.4. The topological polar surface area (TPSA) is 61.4 Å². The van der Waals surface area contributed by atoms with Crippen molar-refractivity contribution < 1.29 is 4.79 Å². The number of hydrogen-bond donors (Lipinski definition) is 1. The summed E-state index contributed by atoms with van der Waals surface area (Å²) >= 11 is 14.1. The second kappa shape index (κ2) is 14.2. The molecule has 0 spiro atoms. The van der Waals surface area contributed by atoms with Crippen LogP contribution in [-0.4, -0.2) is 42.1 Å². The van der Waals surface area contributed by atoms with Gasteiger partial charge in [-0.25, -0.2) is 9.97 Å². The third-order valence-corrected chi connectivity index (χ3v) is 8.91. The van der Waals surface area contributed by atoms with Gasteiger partial charge in [0.15, 0.2) is 5.16 Å². The fourth-order valence-electron chi connectivity index (χ4n) is 5.24. The predicted molar refractivity (Wildman–Crippen MR) is 181 cm³/mol. The molecule has 4 aromatic carbocycles. The minimum Gasteiger partial charge on any atom is -0.368 e. The second-order valence-electron chi connectivity index (χ2n) is 10.5. The molecule has 0 bridgehead atoms. The Morgan fingerprint density at radius 3 is 2.02 bits per heavy atom. The zero-order valence-corrected chi connectivity index (χ0v) is 26.3. The minimum absolute atomic E-state index is 0.125. The van der Waals surface area contributed by atoms with E-state index in [-0.39, 0.29) is 11.9 Å². The summed E-state index contributed by atoms with van der Waals surface area (Å²) in [6, 6.07) is 37.2. The quantitative estimate of drug-likeness (QED) is 0.100. The molecule has 6 rings (SSSR count). The molecule has 0 atom stereocenters. The Morgan fingerprint density at radius 1 is 0.750 bits per heavy atom. The van der Waals surface area contributed by atoms with Crippen LogP contribution < -0.4 is 15.1 Å². The lowest BCUT2D eigenvalue weighted by Crippen LogP contribution is -2.46. The highest BCUT2D eigenvalue weighted by molar-refractivity contribution is 7.98. The van der Waals surface area contributed by atoms with E-state index in [2.05, 4.69) is 26.2 Å². The monoisotopic (exact) mass is 639 g/mol. The molecule has 1 fully saturated rings. The SMILES string of the molecule is O=C(NC(c1ccccc1)c1ccccc1)c1ccc(CSc2nc(Cl)cc(N3CCN(c4cccc(Cl)c4)CC3)n2)cc1. The normalized spacial score (nSPS) is 13.2. The number of halogens is 2. The highest BCUT2D eigenvalue weighted by Gasteiger charge is 2.21. The van der Waals surface area contributed by atoms with E-state index < -0.39 is 0 Å². The van der Waals surface area contributed by atoms with Crippen LogP contribution in [0.5, 0.6) is 0 Å². The Kier molecular flexibility index (Phi) is 9.66. The molecule has 0 saturated carbocycles. The average molecular weight is 641 g/mol. The second-order valence-corrected chi connectivity index (χ2v) is 12.3. The molecule has 1 saturated heterocycles. The van der Waals surface area contributed by atoms with Crippen molar-refractivity contribution in [3.63, 3.8) is 0 Å². The number of benzene rings is 4. The molecular weight excluding hydrogens is 609 g/mol. The summed E-state index contributed by atoms with van der Waals surface area (Å²) in [5, 5.41) is 5.00. The smallest absolute Gasteiger partial charge is 0.252 e. The molecule has 222 valence electrons. The molecule has 2 heterocycles. The van der Waals surface area contributed by atoms with E-state index in [1.165, 1.54) is 11.8 Å². The molecule has 6 nitrogen and oxygen atoms in total. The molecule has 44 heavy (non-hydrogen) atoms. The van der Waals surface area contributed by atoms with E-state index in [4.69, 9.17) is 28.2 Å². The van der Waals surface area contributed by atoms with E-state index in [1.807, 2.05) is 109 Å². The maximum absolute atomic E-state index is 13.3. The Balaban J connectivity index is 1.07. The van der Waals surface area contributed by atoms with Crippen molar-refractivity contribution in [3.05, 3.63) is 148 Å². The fourth-order valence-corrected chi connectivity index (χ4v) is 6.46. The Morgan fingerprint density at radius 2 is 1.39 bits per heavy atom. The van der Waals surface area contributed by atoms with Gasteiger partial charge in [-0.2, -0.15) is 0 Å². The number of rotatable bonds is 9. The van der Waals surface area contributed by atoms with Gasteiger partial charge in [-0.05, 0) is 47.0 Å². The van der Waals surface area contributed by atoms with Crippen molar-refractivity contribution in [2.75, 3.05) is 36.0 Å². The first-order chi connectivity index (χ1) is 21.5. The van der Waals surface area contributed by atoms with Crippen LogP contribution in [0, 0.1) is 0 Å². The summed E-state index contributed by atoms with van der Waals surface area (Å²) in [5.74, 6) is 1.36. The van der Waals surface area contributed by atoms with Gasteiger partial charge in [0.05, 0.1) is 6.04 Å². The molecule has 1 aliphatic rings. The van der Waals surface area contributed by atoms with Crippen molar-refractivity contribution in [2.45, 2.75) is 17.0 Å². The van der Waals surface area contributed by atoms with Crippen LogP contribution in [0.1, 0.15) is 33.1 Å². The highest BCUT2D eigenvalue weighted by Crippen LogP contribution is 2.27. The van der Waals surface area contributed by atoms with E-state index in [9.17, 15) is 4.79 Å². The molecule has 0 unspecified atom stereocenters. The van der Waals surface area contributed by atoms with Gasteiger partial charge in [-0.1, -0.05) is 114 Å². The number of piperazine rings is 1. The van der Waals surface area contributed by atoms with Crippen LogP contribution in [0.25, 0.3) is 0 Å². The summed E-state index contributed by atoms with van der Waals surface area (Å²) in [4.78, 5) is 27.1. The number of anilines is 2. The number of thioether (sulfide) groups is 1. The number of carbonyl (C=O) groups excluding carboxylic acids is 1. The van der Waals surface area contributed by atoms with E-state index in [1.54, 1.807) is 0 Å². The maximum atomic E-state index is 13.3. The molecule has 9 heteroatoms. The number of nitrogens with one attached hydrogen (secondary N) is 1. The van der Waals surface area contributed by atoms with Gasteiger partial charge in [-0.15, -0.1) is 0 Å². The lowest BCUT2D eigenvalue weighted by Gasteiger charge is -2.36. The summed E-state index contributed by atoms with van der Waals surface area (Å²) in [6.45, 7) is 3.37. The number of aromatic nitrogens is 2. The van der Waals surface area contributed by atoms with Gasteiger partial charge >= 0.3 is 0 Å². The summed E-state index contributed by atoms with van der Waals surface area (Å²) in [5.41, 5.74) is 4.86. The lowest BCUT2D eigenvalue weighted by atomic mass is 9.98. The Hall–Kier alpha value is -4.04. The zero-order valence-electron chi connectivity index (χ0n) is 23.9. The molecule has 1 amide bonds. The summed E-state index contributed by atoms with van der Waals surface area (Å²) in [6.07, 6.45) is 0. The molecule has 1 aliphatic heterocycles. The van der Waals surface area contributed by atoms with E-state index >= 15 is 0 Å². The molecule has 5 aromatic rings. The van der Waals surface area contributed by atoms with Crippen LogP contribution >= 0.6 is 35.0 Å². The van der Waals surface area contributed by atoms with Gasteiger partial charge in [-0.3, -0.25) is 4.79 Å². The van der Waals surface area contributed by atoms with E-state index in [0.717, 1.165) is 59.4 Å². The van der Waals surface area contributed by atoms with Crippen molar-refractivity contribution >= 4 is 52.4 Å². The van der Waals surface area contributed by atoms with Gasteiger partial charge in [0.25, 0.3) is 5.91 Å². The van der Waals surface area contributed by atoms with Crippen molar-refractivity contribution in [1.82, 2.24) is 15.3 Å². The average Bonchev–Trinajstić information content (AvgIpc) is 3.07. The predicted octanol–water partition coefficient (Wildman–Crippen LogP) is 7.92. The van der Waals surface area contributed by atoms with E-state index in [0.29, 0.717) is 21.6 Å². The van der Waals surface area contributed by atoms with Gasteiger partial charge in [0, 0.05) is 54.3 Å². The van der Waals surface area contributed by atoms with Crippen molar-refractivity contribution in [3.8, 4) is 0 Å². The summed E-state index contributed by atoms with van der Waals surface area (Å²) < 4.78 is 0. The van der Waals surface area contributed by atoms with Gasteiger partial charge in [0.1, 0.15) is 11.0 Å². The van der Waals surface area contributed by atoms with Crippen molar-refractivity contribution in [2.24, 2.45) is 0 Å². The Labute approximate surface area is 272 Å². The molecular formula is C35H31Cl2N5OS. The fraction of sp³-hybridized carbons (Fsp3) is 0.171. The number of hydrogen-bond acceptors (Lipinski definition) is 6. The molecule has 1 N–H and O–H groups in total. The minimum atomic E-state index is -0.242. The van der Waals surface area contributed by atoms with Crippen molar-refractivity contribution in [1.29, 1.82) is 0 Å². The third-order valence-electron chi connectivity index (χ3n) is 7.56. The molecule has 1 aromatic heterocycles. The van der Waals surface area contributed by atoms with Crippen LogP contribution in [-0.2, 0) is 5.75 Å². The molecule has 0 aliphatic carbocycles. The van der Waals surface area contributed by atoms with Crippen LogP contribution in [0.3, 0.4) is 0 Å². The first-order valence-corrected chi connectivity index (χ1v) is 16.2. The number of carbonyl (C=O) groups is 1. The highest BCUT2D eigenvalue weighted by atomic mass is 35.5.